The van der Waals surface area contributed by atoms with Gasteiger partial charge in [0.05, 0.1) is 13.5 Å². The molecule has 0 spiro atoms. The van der Waals surface area contributed by atoms with Crippen LogP contribution >= 0.6 is 0 Å². The first-order chi connectivity index (χ1) is 9.79. The van der Waals surface area contributed by atoms with Gasteiger partial charge in [0.1, 0.15) is 6.61 Å². The number of esters is 2. The summed E-state index contributed by atoms with van der Waals surface area (Å²) in [6.07, 6.45) is -0.423. The van der Waals surface area contributed by atoms with Gasteiger partial charge in [-0.25, -0.2) is 4.79 Å². The molecule has 0 aromatic heterocycles. The molecule has 0 saturated heterocycles. The van der Waals surface area contributed by atoms with Gasteiger partial charge in [-0.05, 0) is 18.4 Å². The summed E-state index contributed by atoms with van der Waals surface area (Å²) in [4.78, 5) is 23.5. The molecule has 1 N–H and O–H groups in total. The van der Waals surface area contributed by atoms with Crippen LogP contribution < -0.4 is 0 Å². The first kappa shape index (κ1) is 17.2. The van der Waals surface area contributed by atoms with Crippen molar-refractivity contribution in [2.45, 2.75) is 39.4 Å². The summed E-state index contributed by atoms with van der Waals surface area (Å²) < 4.78 is 9.66. The molecule has 21 heavy (non-hydrogen) atoms. The van der Waals surface area contributed by atoms with Gasteiger partial charge in [0, 0.05) is 0 Å². The molecule has 1 aromatic rings. The summed E-state index contributed by atoms with van der Waals surface area (Å²) >= 11 is 0. The molecule has 1 rings (SSSR count). The number of aliphatic hydroxyl groups is 1. The standard InChI is InChI=1S/C16H22O5/c1-11(2)16(19,9-14(17)20-4)15(18)21-10-13-7-5-12(3)6-8-13/h5-8,11,19H,9-10H2,1-4H3. The average molecular weight is 294 g/mol. The van der Waals surface area contributed by atoms with Crippen molar-refractivity contribution in [2.75, 3.05) is 7.11 Å². The summed E-state index contributed by atoms with van der Waals surface area (Å²) in [6.45, 7) is 5.31. The Bertz CT molecular complexity index is 492. The molecule has 0 aliphatic heterocycles. The van der Waals surface area contributed by atoms with Crippen LogP contribution in [0.4, 0.5) is 0 Å². The zero-order valence-corrected chi connectivity index (χ0v) is 12.9. The molecular weight excluding hydrogens is 272 g/mol. The number of methoxy groups -OCH3 is 1. The zero-order chi connectivity index (χ0) is 16.0. The fourth-order valence-corrected chi connectivity index (χ4v) is 1.76. The Balaban J connectivity index is 2.73. The summed E-state index contributed by atoms with van der Waals surface area (Å²) in [6, 6.07) is 7.51. The Morgan fingerprint density at radius 3 is 2.29 bits per heavy atom. The predicted molar refractivity (Wildman–Crippen MR) is 77.4 cm³/mol. The van der Waals surface area contributed by atoms with Gasteiger partial charge in [0.2, 0.25) is 0 Å². The van der Waals surface area contributed by atoms with Crippen LogP contribution in [0.1, 0.15) is 31.4 Å². The molecule has 0 aliphatic rings. The van der Waals surface area contributed by atoms with E-state index in [4.69, 9.17) is 4.74 Å². The van der Waals surface area contributed by atoms with Gasteiger partial charge in [0.25, 0.3) is 0 Å². The van der Waals surface area contributed by atoms with Crippen molar-refractivity contribution in [1.29, 1.82) is 0 Å². The van der Waals surface area contributed by atoms with Gasteiger partial charge >= 0.3 is 11.9 Å². The van der Waals surface area contributed by atoms with E-state index >= 15 is 0 Å². The highest BCUT2D eigenvalue weighted by Crippen LogP contribution is 2.24. The van der Waals surface area contributed by atoms with Gasteiger partial charge in [-0.1, -0.05) is 43.7 Å². The van der Waals surface area contributed by atoms with Crippen molar-refractivity contribution in [3.8, 4) is 0 Å². The second-order valence-electron chi connectivity index (χ2n) is 5.39. The van der Waals surface area contributed by atoms with Gasteiger partial charge < -0.3 is 14.6 Å². The summed E-state index contributed by atoms with van der Waals surface area (Å²) in [5.74, 6) is -1.94. The smallest absolute Gasteiger partial charge is 0.339 e. The highest BCUT2D eigenvalue weighted by molar-refractivity contribution is 5.85. The third kappa shape index (κ3) is 4.56. The number of carbonyl (C=O) groups excluding carboxylic acids is 2. The third-order valence-corrected chi connectivity index (χ3v) is 3.44. The molecule has 0 saturated carbocycles. The number of rotatable bonds is 6. The zero-order valence-electron chi connectivity index (χ0n) is 12.9. The van der Waals surface area contributed by atoms with Gasteiger partial charge in [-0.3, -0.25) is 4.79 Å². The quantitative estimate of drug-likeness (QED) is 0.812. The minimum atomic E-state index is -1.88. The van der Waals surface area contributed by atoms with Crippen LogP contribution in [-0.2, 0) is 25.7 Å². The molecule has 5 nitrogen and oxygen atoms in total. The topological polar surface area (TPSA) is 72.8 Å². The van der Waals surface area contributed by atoms with Gasteiger partial charge in [0.15, 0.2) is 5.60 Å². The monoisotopic (exact) mass is 294 g/mol. The molecule has 0 aliphatic carbocycles. The molecular formula is C16H22O5. The molecule has 1 atom stereocenters. The summed E-state index contributed by atoms with van der Waals surface area (Å²) in [5.41, 5.74) is 0.0465. The molecule has 0 fully saturated rings. The van der Waals surface area contributed by atoms with Crippen LogP contribution in [-0.4, -0.2) is 29.8 Å². The molecule has 0 bridgehead atoms. The van der Waals surface area contributed by atoms with E-state index < -0.39 is 29.9 Å². The number of hydrogen-bond donors (Lipinski definition) is 1. The number of benzene rings is 1. The SMILES string of the molecule is COC(=O)CC(O)(C(=O)OCc1ccc(C)cc1)C(C)C. The first-order valence-electron chi connectivity index (χ1n) is 6.81. The van der Waals surface area contributed by atoms with E-state index in [0.717, 1.165) is 11.1 Å². The first-order valence-corrected chi connectivity index (χ1v) is 6.81. The maximum absolute atomic E-state index is 12.1. The summed E-state index contributed by atoms with van der Waals surface area (Å²) in [7, 11) is 1.21. The lowest BCUT2D eigenvalue weighted by atomic mass is 9.87. The number of hydrogen-bond acceptors (Lipinski definition) is 5. The number of ether oxygens (including phenoxy) is 2. The number of aryl methyl sites for hydroxylation is 1. The number of carbonyl (C=O) groups is 2. The maximum atomic E-state index is 12.1. The van der Waals surface area contributed by atoms with Crippen molar-refractivity contribution in [3.63, 3.8) is 0 Å². The van der Waals surface area contributed by atoms with Crippen molar-refractivity contribution in [1.82, 2.24) is 0 Å². The van der Waals surface area contributed by atoms with Crippen LogP contribution in [0.15, 0.2) is 24.3 Å². The van der Waals surface area contributed by atoms with Crippen LogP contribution in [0.2, 0.25) is 0 Å². The Kier molecular flexibility index (Phi) is 5.90. The minimum absolute atomic E-state index is 0.0509. The highest BCUT2D eigenvalue weighted by Gasteiger charge is 2.43. The molecule has 5 heteroatoms. The summed E-state index contributed by atoms with van der Waals surface area (Å²) in [5, 5.41) is 10.4. The van der Waals surface area contributed by atoms with E-state index in [1.165, 1.54) is 7.11 Å². The van der Waals surface area contributed by atoms with Gasteiger partial charge in [-0.2, -0.15) is 0 Å². The Morgan fingerprint density at radius 1 is 1.24 bits per heavy atom. The second kappa shape index (κ2) is 7.22. The Morgan fingerprint density at radius 2 is 1.81 bits per heavy atom. The van der Waals surface area contributed by atoms with Crippen LogP contribution in [0.3, 0.4) is 0 Å². The molecule has 0 heterocycles. The van der Waals surface area contributed by atoms with E-state index in [-0.39, 0.29) is 6.61 Å². The molecule has 0 amide bonds. The van der Waals surface area contributed by atoms with Gasteiger partial charge in [-0.15, -0.1) is 0 Å². The lowest BCUT2D eigenvalue weighted by molar-refractivity contribution is -0.178. The van der Waals surface area contributed by atoms with Crippen LogP contribution in [0, 0.1) is 12.8 Å². The second-order valence-corrected chi connectivity index (χ2v) is 5.39. The van der Waals surface area contributed by atoms with E-state index in [2.05, 4.69) is 4.74 Å². The van der Waals surface area contributed by atoms with Crippen LogP contribution in [0.25, 0.3) is 0 Å². The lowest BCUT2D eigenvalue weighted by Gasteiger charge is -2.28. The third-order valence-electron chi connectivity index (χ3n) is 3.44. The normalized spacial score (nSPS) is 13.6. The van der Waals surface area contributed by atoms with Crippen LogP contribution in [0.5, 0.6) is 0 Å². The fourth-order valence-electron chi connectivity index (χ4n) is 1.76. The molecule has 116 valence electrons. The van der Waals surface area contributed by atoms with E-state index in [9.17, 15) is 14.7 Å². The molecule has 1 unspecified atom stereocenters. The largest absolute Gasteiger partial charge is 0.469 e. The van der Waals surface area contributed by atoms with E-state index in [0.29, 0.717) is 0 Å². The molecule has 1 aromatic carbocycles. The average Bonchev–Trinajstić information content (AvgIpc) is 2.45. The van der Waals surface area contributed by atoms with Crippen molar-refractivity contribution in [2.24, 2.45) is 5.92 Å². The van der Waals surface area contributed by atoms with E-state index in [1.807, 2.05) is 31.2 Å². The highest BCUT2D eigenvalue weighted by atomic mass is 16.6. The Hall–Kier alpha value is -1.88. The van der Waals surface area contributed by atoms with Crippen molar-refractivity contribution >= 4 is 11.9 Å². The van der Waals surface area contributed by atoms with E-state index in [1.54, 1.807) is 13.8 Å². The fraction of sp³-hybridized carbons (Fsp3) is 0.500. The molecule has 0 radical (unpaired) electrons. The van der Waals surface area contributed by atoms with Crippen molar-refractivity contribution < 1.29 is 24.2 Å². The Labute approximate surface area is 124 Å². The minimum Gasteiger partial charge on any atom is -0.469 e. The maximum Gasteiger partial charge on any atom is 0.339 e. The van der Waals surface area contributed by atoms with Crippen molar-refractivity contribution in [3.05, 3.63) is 35.4 Å². The predicted octanol–water partition coefficient (Wildman–Crippen LogP) is 1.99. The lowest BCUT2D eigenvalue weighted by Crippen LogP contribution is -2.47.